The quantitative estimate of drug-likeness (QED) is 0.688. The maximum absolute atomic E-state index is 10.7. The van der Waals surface area contributed by atoms with Gasteiger partial charge >= 0.3 is 5.97 Å². The zero-order valence-electron chi connectivity index (χ0n) is 9.64. The van der Waals surface area contributed by atoms with Gasteiger partial charge in [0.25, 0.3) is 0 Å². The number of phenolic OH excluding ortho intramolecular Hbond substituents is 1. The third-order valence-corrected chi connectivity index (χ3v) is 2.33. The summed E-state index contributed by atoms with van der Waals surface area (Å²) < 4.78 is 10.1. The summed E-state index contributed by atoms with van der Waals surface area (Å²) in [5.74, 6) is -0.439. The van der Waals surface area contributed by atoms with Crippen molar-refractivity contribution < 1.29 is 24.5 Å². The number of carboxylic acid groups (broad SMARTS) is 1. The lowest BCUT2D eigenvalue weighted by Gasteiger charge is -2.15. The van der Waals surface area contributed by atoms with E-state index in [0.29, 0.717) is 17.1 Å². The first-order chi connectivity index (χ1) is 7.99. The topological polar surface area (TPSA) is 102 Å². The molecule has 1 rings (SSSR count). The lowest BCUT2D eigenvalue weighted by Crippen LogP contribution is -2.32. The normalized spacial score (nSPS) is 11.9. The van der Waals surface area contributed by atoms with E-state index >= 15 is 0 Å². The fourth-order valence-corrected chi connectivity index (χ4v) is 1.48. The van der Waals surface area contributed by atoms with Gasteiger partial charge in [-0.05, 0) is 0 Å². The molecule has 6 nitrogen and oxygen atoms in total. The van der Waals surface area contributed by atoms with Crippen molar-refractivity contribution in [3.8, 4) is 17.2 Å². The molecule has 4 N–H and O–H groups in total. The molecule has 0 aliphatic carbocycles. The average Bonchev–Trinajstić information content (AvgIpc) is 2.30. The fourth-order valence-electron chi connectivity index (χ4n) is 1.48. The molecule has 0 saturated heterocycles. The van der Waals surface area contributed by atoms with Gasteiger partial charge in [0.15, 0.2) is 0 Å². The molecule has 6 heteroatoms. The van der Waals surface area contributed by atoms with Crippen LogP contribution < -0.4 is 15.2 Å². The van der Waals surface area contributed by atoms with Crippen LogP contribution in [-0.2, 0) is 11.2 Å². The smallest absolute Gasteiger partial charge is 0.320 e. The first-order valence-electron chi connectivity index (χ1n) is 4.91. The average molecular weight is 241 g/mol. The van der Waals surface area contributed by atoms with E-state index in [4.69, 9.17) is 20.3 Å². The minimum absolute atomic E-state index is 0.0219. The lowest BCUT2D eigenvalue weighted by molar-refractivity contribution is -0.138. The van der Waals surface area contributed by atoms with Gasteiger partial charge in [-0.25, -0.2) is 0 Å². The van der Waals surface area contributed by atoms with Crippen LogP contribution in [0, 0.1) is 0 Å². The standard InChI is InChI=1S/C11H15NO5/c1-16-9-3-6(13)4-10(17-2)7(9)5-8(12)11(14)15/h3-4,8,13H,5,12H2,1-2H3,(H,14,15)/t8-/m0/s1. The van der Waals surface area contributed by atoms with Crippen molar-refractivity contribution in [3.05, 3.63) is 17.7 Å². The summed E-state index contributed by atoms with van der Waals surface area (Å²) in [5, 5.41) is 18.2. The SMILES string of the molecule is COc1cc(O)cc(OC)c1C[C@H](N)C(=O)O. The van der Waals surface area contributed by atoms with Crippen LogP contribution in [0.15, 0.2) is 12.1 Å². The highest BCUT2D eigenvalue weighted by atomic mass is 16.5. The highest BCUT2D eigenvalue weighted by molar-refractivity contribution is 5.74. The van der Waals surface area contributed by atoms with Gasteiger partial charge in [-0.3, -0.25) is 4.79 Å². The molecule has 1 atom stereocenters. The van der Waals surface area contributed by atoms with Crippen molar-refractivity contribution in [3.63, 3.8) is 0 Å². The molecule has 0 fully saturated rings. The molecule has 1 aromatic carbocycles. The second-order valence-corrected chi connectivity index (χ2v) is 3.48. The summed E-state index contributed by atoms with van der Waals surface area (Å²) >= 11 is 0. The van der Waals surface area contributed by atoms with Crippen molar-refractivity contribution in [2.75, 3.05) is 14.2 Å². The van der Waals surface area contributed by atoms with E-state index in [1.807, 2.05) is 0 Å². The Hall–Kier alpha value is -1.95. The number of phenols is 1. The van der Waals surface area contributed by atoms with Gasteiger partial charge < -0.3 is 25.4 Å². The van der Waals surface area contributed by atoms with Crippen molar-refractivity contribution in [2.45, 2.75) is 12.5 Å². The number of nitrogens with two attached hydrogens (primary N) is 1. The van der Waals surface area contributed by atoms with Gasteiger partial charge in [-0.15, -0.1) is 0 Å². The Kier molecular flexibility index (Phi) is 4.17. The number of ether oxygens (including phenoxy) is 2. The van der Waals surface area contributed by atoms with E-state index < -0.39 is 12.0 Å². The van der Waals surface area contributed by atoms with E-state index in [2.05, 4.69) is 0 Å². The monoisotopic (exact) mass is 241 g/mol. The van der Waals surface area contributed by atoms with E-state index in [-0.39, 0.29) is 12.2 Å². The van der Waals surface area contributed by atoms with Gasteiger partial charge in [-0.2, -0.15) is 0 Å². The Morgan fingerprint density at radius 2 is 1.82 bits per heavy atom. The number of aromatic hydroxyl groups is 1. The van der Waals surface area contributed by atoms with Crippen LogP contribution in [0.2, 0.25) is 0 Å². The maximum Gasteiger partial charge on any atom is 0.320 e. The van der Waals surface area contributed by atoms with Crippen LogP contribution in [-0.4, -0.2) is 36.4 Å². The fraction of sp³-hybridized carbons (Fsp3) is 0.364. The number of rotatable bonds is 5. The van der Waals surface area contributed by atoms with Gasteiger partial charge in [-0.1, -0.05) is 0 Å². The molecule has 0 aliphatic rings. The molecular formula is C11H15NO5. The van der Waals surface area contributed by atoms with E-state index in [9.17, 15) is 9.90 Å². The number of hydrogen-bond acceptors (Lipinski definition) is 5. The molecule has 0 radical (unpaired) electrons. The molecule has 1 aromatic rings. The Morgan fingerprint density at radius 1 is 1.35 bits per heavy atom. The maximum atomic E-state index is 10.7. The summed E-state index contributed by atoms with van der Waals surface area (Å²) in [4.78, 5) is 10.7. The minimum Gasteiger partial charge on any atom is -0.508 e. The highest BCUT2D eigenvalue weighted by Gasteiger charge is 2.19. The predicted octanol–water partition coefficient (Wildman–Crippen LogP) is 0.364. The second-order valence-electron chi connectivity index (χ2n) is 3.48. The van der Waals surface area contributed by atoms with E-state index in [0.717, 1.165) is 0 Å². The Bertz CT molecular complexity index is 393. The summed E-state index contributed by atoms with van der Waals surface area (Å²) in [6, 6.07) is 1.71. The molecule has 17 heavy (non-hydrogen) atoms. The van der Waals surface area contributed by atoms with Crippen molar-refractivity contribution >= 4 is 5.97 Å². The van der Waals surface area contributed by atoms with Gasteiger partial charge in [0.05, 0.1) is 14.2 Å². The van der Waals surface area contributed by atoms with Crippen LogP contribution in [0.4, 0.5) is 0 Å². The molecule has 0 spiro atoms. The number of carboxylic acids is 1. The lowest BCUT2D eigenvalue weighted by atomic mass is 10.0. The largest absolute Gasteiger partial charge is 0.508 e. The van der Waals surface area contributed by atoms with E-state index in [1.165, 1.54) is 26.4 Å². The molecular weight excluding hydrogens is 226 g/mol. The zero-order valence-corrected chi connectivity index (χ0v) is 9.64. The van der Waals surface area contributed by atoms with Crippen LogP contribution in [0.5, 0.6) is 17.2 Å². The molecule has 0 heterocycles. The molecule has 94 valence electrons. The predicted molar refractivity (Wildman–Crippen MR) is 60.5 cm³/mol. The highest BCUT2D eigenvalue weighted by Crippen LogP contribution is 2.34. The number of aliphatic carboxylic acids is 1. The zero-order chi connectivity index (χ0) is 13.0. The Balaban J connectivity index is 3.15. The number of benzene rings is 1. The van der Waals surface area contributed by atoms with Crippen molar-refractivity contribution in [2.24, 2.45) is 5.73 Å². The van der Waals surface area contributed by atoms with Crippen LogP contribution >= 0.6 is 0 Å². The minimum atomic E-state index is -1.11. The van der Waals surface area contributed by atoms with Gasteiger partial charge in [0.1, 0.15) is 23.3 Å². The van der Waals surface area contributed by atoms with E-state index in [1.54, 1.807) is 0 Å². The molecule has 0 bridgehead atoms. The molecule has 0 unspecified atom stereocenters. The summed E-state index contributed by atoms with van der Waals surface area (Å²) in [6.45, 7) is 0. The summed E-state index contributed by atoms with van der Waals surface area (Å²) in [6.07, 6.45) is 0.0575. The third-order valence-electron chi connectivity index (χ3n) is 2.33. The summed E-state index contributed by atoms with van der Waals surface area (Å²) in [7, 11) is 2.84. The molecule has 0 aliphatic heterocycles. The first kappa shape index (κ1) is 13.1. The number of methoxy groups -OCH3 is 2. The summed E-state index contributed by atoms with van der Waals surface area (Å²) in [5.41, 5.74) is 5.98. The first-order valence-corrected chi connectivity index (χ1v) is 4.91. The second kappa shape index (κ2) is 5.40. The number of carbonyl (C=O) groups is 1. The van der Waals surface area contributed by atoms with Crippen LogP contribution in [0.1, 0.15) is 5.56 Å². The third kappa shape index (κ3) is 3.01. The van der Waals surface area contributed by atoms with Crippen LogP contribution in [0.3, 0.4) is 0 Å². The number of hydrogen-bond donors (Lipinski definition) is 3. The molecule has 0 saturated carbocycles. The van der Waals surface area contributed by atoms with Crippen LogP contribution in [0.25, 0.3) is 0 Å². The van der Waals surface area contributed by atoms with Crippen molar-refractivity contribution in [1.29, 1.82) is 0 Å². The Morgan fingerprint density at radius 3 is 2.18 bits per heavy atom. The van der Waals surface area contributed by atoms with Gasteiger partial charge in [0, 0.05) is 24.1 Å². The molecule has 0 aromatic heterocycles. The van der Waals surface area contributed by atoms with Gasteiger partial charge in [0.2, 0.25) is 0 Å². The molecule has 0 amide bonds. The van der Waals surface area contributed by atoms with Crippen molar-refractivity contribution in [1.82, 2.24) is 0 Å². The Labute approximate surface area is 98.6 Å².